The van der Waals surface area contributed by atoms with Gasteiger partial charge in [-0.25, -0.2) is 19.2 Å². The molecule has 0 aliphatic carbocycles. The van der Waals surface area contributed by atoms with Crippen molar-refractivity contribution in [2.75, 3.05) is 38.6 Å². The first kappa shape index (κ1) is 20.7. The lowest BCUT2D eigenvalue weighted by Crippen LogP contribution is -2.38. The van der Waals surface area contributed by atoms with Crippen LogP contribution in [0.4, 0.5) is 4.39 Å². The number of thioether (sulfide) groups is 1. The van der Waals surface area contributed by atoms with E-state index in [0.717, 1.165) is 24.2 Å². The fourth-order valence-electron chi connectivity index (χ4n) is 3.39. The molecule has 3 aromatic rings. The van der Waals surface area contributed by atoms with E-state index in [1.54, 1.807) is 19.2 Å². The summed E-state index contributed by atoms with van der Waals surface area (Å²) >= 11 is 1.44. The highest BCUT2D eigenvalue weighted by atomic mass is 32.2. The lowest BCUT2D eigenvalue weighted by molar-refractivity contribution is 0.0410. The normalized spacial score (nSPS) is 15.0. The second-order valence-electron chi connectivity index (χ2n) is 7.07. The van der Waals surface area contributed by atoms with Crippen molar-refractivity contribution in [3.63, 3.8) is 0 Å². The first-order valence-electron chi connectivity index (χ1n) is 9.62. The molecule has 0 amide bonds. The molecule has 0 radical (unpaired) electrons. The van der Waals surface area contributed by atoms with Gasteiger partial charge in [0.2, 0.25) is 0 Å². The zero-order valence-electron chi connectivity index (χ0n) is 16.8. The molecule has 0 atom stereocenters. The molecule has 3 heterocycles. The number of benzene rings is 1. The summed E-state index contributed by atoms with van der Waals surface area (Å²) in [5.41, 5.74) is -0.181. The number of aromatic nitrogens is 4. The van der Waals surface area contributed by atoms with E-state index in [1.807, 2.05) is 0 Å². The monoisotopic (exact) mass is 431 g/mol. The van der Waals surface area contributed by atoms with Crippen molar-refractivity contribution in [3.05, 3.63) is 50.9 Å². The van der Waals surface area contributed by atoms with Gasteiger partial charge in [0, 0.05) is 45.0 Å². The van der Waals surface area contributed by atoms with Crippen molar-refractivity contribution in [3.8, 4) is 11.4 Å². The van der Waals surface area contributed by atoms with E-state index in [1.165, 1.54) is 35.5 Å². The third-order valence-electron chi connectivity index (χ3n) is 5.10. The Morgan fingerprint density at radius 1 is 1.13 bits per heavy atom. The van der Waals surface area contributed by atoms with Gasteiger partial charge < -0.3 is 4.74 Å². The molecule has 4 rings (SSSR count). The van der Waals surface area contributed by atoms with Crippen LogP contribution in [0.1, 0.15) is 0 Å². The molecule has 0 unspecified atom stereocenters. The maximum atomic E-state index is 13.8. The van der Waals surface area contributed by atoms with E-state index in [9.17, 15) is 14.0 Å². The summed E-state index contributed by atoms with van der Waals surface area (Å²) in [6.45, 7) is 3.99. The van der Waals surface area contributed by atoms with Crippen LogP contribution in [0.25, 0.3) is 22.4 Å². The average Bonchev–Trinajstić information content (AvgIpc) is 2.76. The smallest absolute Gasteiger partial charge is 0.332 e. The Morgan fingerprint density at radius 2 is 1.90 bits per heavy atom. The molecule has 0 N–H and O–H groups in total. The van der Waals surface area contributed by atoms with Gasteiger partial charge in [0.1, 0.15) is 16.2 Å². The number of rotatable bonds is 5. The summed E-state index contributed by atoms with van der Waals surface area (Å²) in [7, 11) is 3.00. The second-order valence-corrected chi connectivity index (χ2v) is 8.15. The van der Waals surface area contributed by atoms with E-state index in [0.29, 0.717) is 34.9 Å². The number of nitrogens with zero attached hydrogens (tertiary/aromatic N) is 5. The lowest BCUT2D eigenvalue weighted by atomic mass is 10.2. The van der Waals surface area contributed by atoms with Crippen LogP contribution < -0.4 is 11.2 Å². The van der Waals surface area contributed by atoms with E-state index in [-0.39, 0.29) is 11.5 Å². The molecule has 8 nitrogen and oxygen atoms in total. The molecule has 2 aromatic heterocycles. The average molecular weight is 431 g/mol. The summed E-state index contributed by atoms with van der Waals surface area (Å²) in [5.74, 6) is 0.579. The van der Waals surface area contributed by atoms with Crippen LogP contribution in [0.2, 0.25) is 0 Å². The predicted molar refractivity (Wildman–Crippen MR) is 113 cm³/mol. The number of fused-ring (bicyclic) bond motifs is 1. The van der Waals surface area contributed by atoms with Crippen molar-refractivity contribution in [2.24, 2.45) is 14.1 Å². The number of halogens is 1. The van der Waals surface area contributed by atoms with Crippen LogP contribution in [-0.2, 0) is 18.8 Å². The minimum atomic E-state index is -0.472. The molecule has 1 aliphatic rings. The SMILES string of the molecule is Cn1c(=O)c2c(SCCN3CCOCC3)nc(-c3cccc(F)c3)nc2n(C)c1=O. The van der Waals surface area contributed by atoms with Crippen LogP contribution in [0.5, 0.6) is 0 Å². The molecule has 0 bridgehead atoms. The van der Waals surface area contributed by atoms with Gasteiger partial charge in [-0.1, -0.05) is 12.1 Å². The van der Waals surface area contributed by atoms with Gasteiger partial charge in [0.15, 0.2) is 11.5 Å². The van der Waals surface area contributed by atoms with Gasteiger partial charge in [-0.15, -0.1) is 11.8 Å². The number of hydrogen-bond acceptors (Lipinski definition) is 7. The number of morpholine rings is 1. The first-order valence-corrected chi connectivity index (χ1v) is 10.6. The van der Waals surface area contributed by atoms with Gasteiger partial charge in [-0.2, -0.15) is 0 Å². The molecular weight excluding hydrogens is 409 g/mol. The summed E-state index contributed by atoms with van der Waals surface area (Å²) in [5, 5.41) is 0.787. The zero-order valence-corrected chi connectivity index (χ0v) is 17.6. The molecule has 158 valence electrons. The Balaban J connectivity index is 1.79. The first-order chi connectivity index (χ1) is 14.5. The minimum absolute atomic E-state index is 0.242. The highest BCUT2D eigenvalue weighted by Crippen LogP contribution is 2.26. The Bertz CT molecular complexity index is 1200. The fourth-order valence-corrected chi connectivity index (χ4v) is 4.40. The highest BCUT2D eigenvalue weighted by Gasteiger charge is 2.19. The van der Waals surface area contributed by atoms with Crippen LogP contribution in [0.3, 0.4) is 0 Å². The van der Waals surface area contributed by atoms with Crippen LogP contribution in [0, 0.1) is 5.82 Å². The van der Waals surface area contributed by atoms with Crippen molar-refractivity contribution >= 4 is 22.8 Å². The predicted octanol–water partition coefficient (Wildman–Crippen LogP) is 1.26. The quantitative estimate of drug-likeness (QED) is 0.444. The van der Waals surface area contributed by atoms with E-state index in [2.05, 4.69) is 14.9 Å². The molecule has 1 fully saturated rings. The third-order valence-corrected chi connectivity index (χ3v) is 6.06. The van der Waals surface area contributed by atoms with Gasteiger partial charge in [-0.3, -0.25) is 18.8 Å². The standard InChI is InChI=1S/C20H22FN5O3S/c1-24-17-15(19(27)25(2)20(24)28)18(30-11-8-26-6-9-29-10-7-26)23-16(22-17)13-4-3-5-14(21)12-13/h3-5,12H,6-11H2,1-2H3. The maximum Gasteiger partial charge on any atom is 0.332 e. The topological polar surface area (TPSA) is 82.2 Å². The summed E-state index contributed by atoms with van der Waals surface area (Å²) < 4.78 is 21.5. The summed E-state index contributed by atoms with van der Waals surface area (Å²) in [6, 6.07) is 5.95. The van der Waals surface area contributed by atoms with Crippen LogP contribution in [0.15, 0.2) is 38.9 Å². The molecule has 10 heteroatoms. The third kappa shape index (κ3) is 4.03. The molecule has 0 spiro atoms. The number of ether oxygens (including phenoxy) is 1. The van der Waals surface area contributed by atoms with Crippen molar-refractivity contribution in [1.82, 2.24) is 24.0 Å². The Labute approximate surface area is 176 Å². The molecule has 1 saturated heterocycles. The van der Waals surface area contributed by atoms with E-state index in [4.69, 9.17) is 4.74 Å². The maximum absolute atomic E-state index is 13.8. The minimum Gasteiger partial charge on any atom is -0.379 e. The van der Waals surface area contributed by atoms with Gasteiger partial charge in [0.25, 0.3) is 5.56 Å². The number of hydrogen-bond donors (Lipinski definition) is 0. The van der Waals surface area contributed by atoms with Gasteiger partial charge >= 0.3 is 5.69 Å². The Kier molecular flexibility index (Phi) is 5.98. The summed E-state index contributed by atoms with van der Waals surface area (Å²) in [6.07, 6.45) is 0. The summed E-state index contributed by atoms with van der Waals surface area (Å²) in [4.78, 5) is 36.6. The van der Waals surface area contributed by atoms with Crippen molar-refractivity contribution in [1.29, 1.82) is 0 Å². The van der Waals surface area contributed by atoms with Crippen LogP contribution in [-0.4, -0.2) is 62.6 Å². The Morgan fingerprint density at radius 3 is 2.63 bits per heavy atom. The molecule has 1 aromatic carbocycles. The second kappa shape index (κ2) is 8.66. The van der Waals surface area contributed by atoms with Crippen molar-refractivity contribution in [2.45, 2.75) is 5.03 Å². The van der Waals surface area contributed by atoms with E-state index < -0.39 is 17.1 Å². The molecule has 0 saturated carbocycles. The lowest BCUT2D eigenvalue weighted by Gasteiger charge is -2.26. The molecule has 30 heavy (non-hydrogen) atoms. The number of aryl methyl sites for hydroxylation is 1. The van der Waals surface area contributed by atoms with Gasteiger partial charge in [0.05, 0.1) is 13.2 Å². The fraction of sp³-hybridized carbons (Fsp3) is 0.400. The van der Waals surface area contributed by atoms with E-state index >= 15 is 0 Å². The zero-order chi connectivity index (χ0) is 21.3. The van der Waals surface area contributed by atoms with Gasteiger partial charge in [-0.05, 0) is 12.1 Å². The molecule has 1 aliphatic heterocycles. The highest BCUT2D eigenvalue weighted by molar-refractivity contribution is 7.99. The largest absolute Gasteiger partial charge is 0.379 e. The molecular formula is C20H22FN5O3S. The van der Waals surface area contributed by atoms with Crippen molar-refractivity contribution < 1.29 is 9.13 Å². The Hall–Kier alpha value is -2.56. The van der Waals surface area contributed by atoms with Crippen LogP contribution >= 0.6 is 11.8 Å².